The van der Waals surface area contributed by atoms with Crippen molar-refractivity contribution in [3.05, 3.63) is 34.9 Å². The largest absolute Gasteiger partial charge is 0.508 e. The lowest BCUT2D eigenvalue weighted by atomic mass is 9.54. The van der Waals surface area contributed by atoms with Gasteiger partial charge in [-0.05, 0) is 67.9 Å². The molecule has 2 rings (SSSR count). The Morgan fingerprint density at radius 3 is 2.48 bits per heavy atom. The number of carboxylic acid groups (broad SMARTS) is 2. The lowest BCUT2D eigenvalue weighted by Crippen LogP contribution is -2.49. The predicted octanol–water partition coefficient (Wildman–Crippen LogP) is 3.75. The standard InChI is InChI=1S/C20H26O5/c1-6-12-11(2)15(21)9-14-13(12)7-8-16(19(3,4)18(24)25)20(14,5)10-17(22)23/h6,9,16,21H,1,7-8,10H2,2-5H3,(H,22,23)(H,24,25). The van der Waals surface area contributed by atoms with Crippen LogP contribution in [0.25, 0.3) is 6.08 Å². The van der Waals surface area contributed by atoms with Crippen LogP contribution in [0.2, 0.25) is 0 Å². The van der Waals surface area contributed by atoms with E-state index in [1.165, 1.54) is 0 Å². The highest BCUT2D eigenvalue weighted by molar-refractivity contribution is 5.76. The Morgan fingerprint density at radius 1 is 1.40 bits per heavy atom. The summed E-state index contributed by atoms with van der Waals surface area (Å²) in [7, 11) is 0. The Kier molecular flexibility index (Phi) is 4.73. The first-order chi connectivity index (χ1) is 11.5. The van der Waals surface area contributed by atoms with E-state index in [1.54, 1.807) is 39.8 Å². The third-order valence-corrected chi connectivity index (χ3v) is 5.93. The van der Waals surface area contributed by atoms with E-state index in [0.29, 0.717) is 18.4 Å². The van der Waals surface area contributed by atoms with Crippen molar-refractivity contribution in [3.63, 3.8) is 0 Å². The smallest absolute Gasteiger partial charge is 0.309 e. The van der Waals surface area contributed by atoms with Crippen LogP contribution in [0.5, 0.6) is 5.75 Å². The van der Waals surface area contributed by atoms with Gasteiger partial charge in [0.1, 0.15) is 5.75 Å². The van der Waals surface area contributed by atoms with Gasteiger partial charge in [-0.1, -0.05) is 19.6 Å². The predicted molar refractivity (Wildman–Crippen MR) is 95.8 cm³/mol. The van der Waals surface area contributed by atoms with Gasteiger partial charge in [-0.15, -0.1) is 0 Å². The number of carbonyl (C=O) groups is 2. The molecule has 1 aliphatic carbocycles. The second-order valence-electron chi connectivity index (χ2n) is 7.77. The molecular formula is C20H26O5. The van der Waals surface area contributed by atoms with Gasteiger partial charge < -0.3 is 15.3 Å². The molecule has 0 aromatic heterocycles. The van der Waals surface area contributed by atoms with Crippen LogP contribution in [0.1, 0.15) is 55.9 Å². The van der Waals surface area contributed by atoms with Crippen molar-refractivity contribution in [1.29, 1.82) is 0 Å². The molecule has 0 aliphatic heterocycles. The highest BCUT2D eigenvalue weighted by Crippen LogP contribution is 2.53. The lowest BCUT2D eigenvalue weighted by Gasteiger charge is -2.48. The minimum atomic E-state index is -1.09. The molecule has 0 saturated carbocycles. The molecule has 2 unspecified atom stereocenters. The summed E-state index contributed by atoms with van der Waals surface area (Å²) in [6.07, 6.45) is 2.69. The van der Waals surface area contributed by atoms with Crippen molar-refractivity contribution in [1.82, 2.24) is 0 Å². The molecule has 5 nitrogen and oxygen atoms in total. The van der Waals surface area contributed by atoms with Crippen LogP contribution >= 0.6 is 0 Å². The normalized spacial score (nSPS) is 23.0. The molecule has 0 bridgehead atoms. The van der Waals surface area contributed by atoms with Gasteiger partial charge in [-0.3, -0.25) is 9.59 Å². The van der Waals surface area contributed by atoms with E-state index in [0.717, 1.165) is 16.7 Å². The maximum Gasteiger partial charge on any atom is 0.309 e. The first kappa shape index (κ1) is 19.0. The molecule has 5 heteroatoms. The summed E-state index contributed by atoms with van der Waals surface area (Å²) < 4.78 is 0. The number of aromatic hydroxyl groups is 1. The molecule has 0 spiro atoms. The molecule has 0 heterocycles. The second-order valence-corrected chi connectivity index (χ2v) is 7.77. The van der Waals surface area contributed by atoms with Crippen LogP contribution in [0.3, 0.4) is 0 Å². The maximum atomic E-state index is 11.8. The number of hydrogen-bond donors (Lipinski definition) is 3. The van der Waals surface area contributed by atoms with E-state index in [1.807, 2.05) is 0 Å². The number of carboxylic acids is 2. The van der Waals surface area contributed by atoms with Crippen molar-refractivity contribution in [2.75, 3.05) is 0 Å². The summed E-state index contributed by atoms with van der Waals surface area (Å²) in [5.41, 5.74) is 1.23. The Morgan fingerprint density at radius 2 is 2.00 bits per heavy atom. The first-order valence-corrected chi connectivity index (χ1v) is 8.40. The topological polar surface area (TPSA) is 94.8 Å². The van der Waals surface area contributed by atoms with Crippen molar-refractivity contribution < 1.29 is 24.9 Å². The molecule has 3 N–H and O–H groups in total. The van der Waals surface area contributed by atoms with Gasteiger partial charge in [0.2, 0.25) is 0 Å². The van der Waals surface area contributed by atoms with Crippen molar-refractivity contribution >= 4 is 18.0 Å². The van der Waals surface area contributed by atoms with E-state index in [9.17, 15) is 24.9 Å². The van der Waals surface area contributed by atoms with E-state index < -0.39 is 22.8 Å². The van der Waals surface area contributed by atoms with Crippen LogP contribution in [-0.2, 0) is 21.4 Å². The third-order valence-electron chi connectivity index (χ3n) is 5.93. The summed E-state index contributed by atoms with van der Waals surface area (Å²) in [6, 6.07) is 1.62. The van der Waals surface area contributed by atoms with Gasteiger partial charge in [0.15, 0.2) is 0 Å². The molecule has 0 fully saturated rings. The number of phenolic OH excluding ortho intramolecular Hbond substituents is 1. The minimum Gasteiger partial charge on any atom is -0.508 e. The summed E-state index contributed by atoms with van der Waals surface area (Å²) in [6.45, 7) is 10.7. The Labute approximate surface area is 148 Å². The first-order valence-electron chi connectivity index (χ1n) is 8.40. The number of rotatable bonds is 5. The number of benzene rings is 1. The molecule has 136 valence electrons. The molecule has 0 amide bonds. The third kappa shape index (κ3) is 2.92. The van der Waals surface area contributed by atoms with E-state index in [4.69, 9.17) is 0 Å². The molecular weight excluding hydrogens is 320 g/mol. The second kappa shape index (κ2) is 6.21. The molecule has 1 aromatic rings. The SMILES string of the molecule is C=Cc1c(C)c(O)cc2c1CCC(C(C)(C)C(=O)O)C2(C)CC(=O)O. The van der Waals surface area contributed by atoms with Crippen LogP contribution in [0.4, 0.5) is 0 Å². The van der Waals surface area contributed by atoms with Crippen LogP contribution in [0, 0.1) is 18.3 Å². The van der Waals surface area contributed by atoms with Crippen molar-refractivity contribution in [2.45, 2.75) is 52.4 Å². The Hall–Kier alpha value is -2.30. The molecule has 1 aromatic carbocycles. The highest BCUT2D eigenvalue weighted by Gasteiger charge is 2.52. The molecule has 25 heavy (non-hydrogen) atoms. The fourth-order valence-corrected chi connectivity index (χ4v) is 4.53. The molecule has 0 saturated heterocycles. The van der Waals surface area contributed by atoms with Gasteiger partial charge in [0, 0.05) is 5.41 Å². The van der Waals surface area contributed by atoms with Crippen molar-refractivity contribution in [3.8, 4) is 5.75 Å². The van der Waals surface area contributed by atoms with Crippen LogP contribution < -0.4 is 0 Å². The van der Waals surface area contributed by atoms with E-state index in [-0.39, 0.29) is 18.1 Å². The quantitative estimate of drug-likeness (QED) is 0.755. The fraction of sp³-hybridized carbons (Fsp3) is 0.500. The maximum absolute atomic E-state index is 11.8. The zero-order chi connectivity index (χ0) is 19.2. The molecule has 0 radical (unpaired) electrons. The fourth-order valence-electron chi connectivity index (χ4n) is 4.53. The van der Waals surface area contributed by atoms with E-state index in [2.05, 4.69) is 6.58 Å². The Bertz CT molecular complexity index is 747. The van der Waals surface area contributed by atoms with Gasteiger partial charge in [-0.25, -0.2) is 0 Å². The molecule has 2 atom stereocenters. The summed E-state index contributed by atoms with van der Waals surface area (Å²) >= 11 is 0. The number of hydrogen-bond acceptors (Lipinski definition) is 3. The zero-order valence-corrected chi connectivity index (χ0v) is 15.2. The van der Waals surface area contributed by atoms with Crippen molar-refractivity contribution in [2.24, 2.45) is 11.3 Å². The number of fused-ring (bicyclic) bond motifs is 1. The van der Waals surface area contributed by atoms with Gasteiger partial charge >= 0.3 is 11.9 Å². The van der Waals surface area contributed by atoms with Crippen LogP contribution in [0.15, 0.2) is 12.6 Å². The highest BCUT2D eigenvalue weighted by atomic mass is 16.4. The van der Waals surface area contributed by atoms with Crippen LogP contribution in [-0.4, -0.2) is 27.3 Å². The summed E-state index contributed by atoms with van der Waals surface area (Å²) in [5.74, 6) is -2.22. The minimum absolute atomic E-state index is 0.0824. The average Bonchev–Trinajstić information content (AvgIpc) is 2.48. The van der Waals surface area contributed by atoms with E-state index >= 15 is 0 Å². The molecule has 1 aliphatic rings. The summed E-state index contributed by atoms with van der Waals surface area (Å²) in [4.78, 5) is 23.4. The number of aliphatic carboxylic acids is 2. The van der Waals surface area contributed by atoms with Gasteiger partial charge in [0.25, 0.3) is 0 Å². The number of phenols is 1. The zero-order valence-electron chi connectivity index (χ0n) is 15.2. The monoisotopic (exact) mass is 346 g/mol. The van der Waals surface area contributed by atoms with Gasteiger partial charge in [0.05, 0.1) is 11.8 Å². The lowest BCUT2D eigenvalue weighted by molar-refractivity contribution is -0.154. The summed E-state index contributed by atoms with van der Waals surface area (Å²) in [5, 5.41) is 29.5. The Balaban J connectivity index is 2.78. The average molecular weight is 346 g/mol. The van der Waals surface area contributed by atoms with Gasteiger partial charge in [-0.2, -0.15) is 0 Å².